The number of aromatic nitrogens is 4. The molecule has 22 heteroatoms. The van der Waals surface area contributed by atoms with Crippen LogP contribution in [0.5, 0.6) is 11.5 Å². The number of nitrogens with one attached hydrogen (secondary N) is 4. The number of ether oxygens (including phenoxy) is 6. The number of rotatable bonds is 25. The third-order valence-electron chi connectivity index (χ3n) is 11.8. The minimum atomic E-state index is -4.51. The molecule has 8 rings (SSSR count). The molecule has 2 aliphatic heterocycles. The van der Waals surface area contributed by atoms with E-state index >= 15 is 0 Å². The maximum absolute atomic E-state index is 13.8. The minimum absolute atomic E-state index is 0.124. The van der Waals surface area contributed by atoms with Gasteiger partial charge in [-0.3, -0.25) is 34.4 Å². The van der Waals surface area contributed by atoms with Gasteiger partial charge in [-0.2, -0.15) is 17.9 Å². The van der Waals surface area contributed by atoms with Gasteiger partial charge in [0.1, 0.15) is 37.4 Å². The Bertz CT molecular complexity index is 2920. The fraction of sp³-hybridized carbons (Fsp3) is 0.360. The number of hydrogen-bond donors (Lipinski definition) is 4. The van der Waals surface area contributed by atoms with Crippen LogP contribution in [0.25, 0.3) is 28.2 Å². The molecular formula is C50H51ClF3N7O11. The summed E-state index contributed by atoms with van der Waals surface area (Å²) >= 11 is 6.14. The summed E-state index contributed by atoms with van der Waals surface area (Å²) in [4.78, 5) is 72.0. The average Bonchev–Trinajstić information content (AvgIpc) is 4.04. The quantitative estimate of drug-likeness (QED) is 0.0409. The van der Waals surface area contributed by atoms with Crippen molar-refractivity contribution in [1.82, 2.24) is 35.3 Å². The number of aryl methyl sites for hydroxylation is 1. The van der Waals surface area contributed by atoms with Crippen LogP contribution in [0.1, 0.15) is 45.5 Å². The van der Waals surface area contributed by atoms with E-state index in [0.29, 0.717) is 102 Å². The van der Waals surface area contributed by atoms with Crippen LogP contribution < -0.4 is 25.7 Å². The van der Waals surface area contributed by atoms with Crippen molar-refractivity contribution in [3.63, 3.8) is 0 Å². The highest BCUT2D eigenvalue weighted by atomic mass is 35.5. The van der Waals surface area contributed by atoms with Crippen molar-refractivity contribution in [3.8, 4) is 28.7 Å². The van der Waals surface area contributed by atoms with Crippen LogP contribution >= 0.6 is 11.6 Å². The van der Waals surface area contributed by atoms with Gasteiger partial charge < -0.3 is 43.6 Å². The lowest BCUT2D eigenvalue weighted by atomic mass is 10.0. The van der Waals surface area contributed by atoms with Crippen molar-refractivity contribution >= 4 is 46.3 Å². The van der Waals surface area contributed by atoms with Crippen molar-refractivity contribution in [1.29, 1.82) is 0 Å². The Balaban J connectivity index is 0.660. The molecule has 380 valence electrons. The number of imidazole rings is 1. The van der Waals surface area contributed by atoms with E-state index in [9.17, 15) is 37.1 Å². The number of nitrogens with zero attached hydrogens (tertiary/aromatic N) is 3. The second-order valence-corrected chi connectivity index (χ2v) is 17.1. The Labute approximate surface area is 415 Å². The second-order valence-electron chi connectivity index (χ2n) is 16.7. The minimum Gasteiger partial charge on any atom is -0.491 e. The highest BCUT2D eigenvalue weighted by molar-refractivity contribution is 6.31. The highest BCUT2D eigenvalue weighted by Crippen LogP contribution is 2.34. The van der Waals surface area contributed by atoms with Gasteiger partial charge in [0.05, 0.1) is 75.1 Å². The van der Waals surface area contributed by atoms with Gasteiger partial charge in [-0.1, -0.05) is 41.9 Å². The average molecular weight is 1020 g/mol. The zero-order chi connectivity index (χ0) is 50.6. The number of halogens is 4. The van der Waals surface area contributed by atoms with Gasteiger partial charge in [0.25, 0.3) is 11.5 Å². The molecule has 1 saturated heterocycles. The second kappa shape index (κ2) is 23.9. The molecule has 0 saturated carbocycles. The fourth-order valence-electron chi connectivity index (χ4n) is 8.16. The topological polar surface area (TPSA) is 217 Å². The first-order valence-corrected chi connectivity index (χ1v) is 23.6. The smallest absolute Gasteiger partial charge is 0.416 e. The van der Waals surface area contributed by atoms with Gasteiger partial charge in [-0.25, -0.2) is 4.98 Å². The van der Waals surface area contributed by atoms with Gasteiger partial charge in [-0.15, -0.1) is 0 Å². The predicted molar refractivity (Wildman–Crippen MR) is 255 cm³/mol. The first-order chi connectivity index (χ1) is 34.8. The molecular weight excluding hydrogens is 967 g/mol. The number of imide groups is 1. The maximum Gasteiger partial charge on any atom is 0.416 e. The van der Waals surface area contributed by atoms with E-state index in [0.717, 1.165) is 17.7 Å². The number of fused-ring (bicyclic) bond motifs is 2. The number of carbonyl (C=O) groups excluding carboxylic acids is 4. The molecule has 72 heavy (non-hydrogen) atoms. The van der Waals surface area contributed by atoms with E-state index in [1.807, 2.05) is 24.3 Å². The molecule has 2 aliphatic rings. The monoisotopic (exact) mass is 1020 g/mol. The van der Waals surface area contributed by atoms with Crippen LogP contribution in [0.2, 0.25) is 5.02 Å². The van der Waals surface area contributed by atoms with Gasteiger partial charge in [0.2, 0.25) is 23.7 Å². The maximum atomic E-state index is 13.8. The van der Waals surface area contributed by atoms with Crippen molar-refractivity contribution in [2.24, 2.45) is 0 Å². The van der Waals surface area contributed by atoms with Crippen molar-refractivity contribution < 1.29 is 60.8 Å². The summed E-state index contributed by atoms with van der Waals surface area (Å²) in [6.45, 7) is 2.82. The molecule has 1 fully saturated rings. The van der Waals surface area contributed by atoms with E-state index in [-0.39, 0.29) is 82.4 Å². The van der Waals surface area contributed by atoms with E-state index < -0.39 is 29.2 Å². The van der Waals surface area contributed by atoms with E-state index in [4.69, 9.17) is 40.0 Å². The molecule has 0 bridgehead atoms. The number of carbonyl (C=O) groups is 4. The zero-order valence-electron chi connectivity index (χ0n) is 38.8. The summed E-state index contributed by atoms with van der Waals surface area (Å²) in [7, 11) is 0. The molecule has 1 atom stereocenters. The third kappa shape index (κ3) is 13.1. The number of H-pyrrole nitrogens is 2. The molecule has 0 spiro atoms. The number of alkyl halides is 3. The molecule has 18 nitrogen and oxygen atoms in total. The van der Waals surface area contributed by atoms with Gasteiger partial charge in [0, 0.05) is 34.7 Å². The summed E-state index contributed by atoms with van der Waals surface area (Å²) in [6.07, 6.45) is -3.33. The first kappa shape index (κ1) is 51.3. The van der Waals surface area contributed by atoms with E-state index in [2.05, 4.69) is 25.7 Å². The Morgan fingerprint density at radius 2 is 1.51 bits per heavy atom. The number of amides is 4. The Kier molecular flexibility index (Phi) is 17.0. The Morgan fingerprint density at radius 1 is 0.806 bits per heavy atom. The molecule has 0 radical (unpaired) electrons. The molecule has 6 aromatic rings. The summed E-state index contributed by atoms with van der Waals surface area (Å²) in [5.74, 6) is -0.125. The van der Waals surface area contributed by atoms with Gasteiger partial charge in [-0.05, 0) is 85.0 Å². The van der Waals surface area contributed by atoms with Gasteiger partial charge >= 0.3 is 6.18 Å². The van der Waals surface area contributed by atoms with Crippen molar-refractivity contribution in [2.45, 2.75) is 44.4 Å². The zero-order valence-corrected chi connectivity index (χ0v) is 39.6. The Hall–Kier alpha value is -7.04. The van der Waals surface area contributed by atoms with E-state index in [1.54, 1.807) is 36.4 Å². The number of benzene rings is 4. The predicted octanol–water partition coefficient (Wildman–Crippen LogP) is 5.57. The Morgan fingerprint density at radius 3 is 2.25 bits per heavy atom. The number of piperidine rings is 1. The lowest BCUT2D eigenvalue weighted by Crippen LogP contribution is -2.52. The number of hydrogen-bond acceptors (Lipinski definition) is 12. The van der Waals surface area contributed by atoms with E-state index in [1.165, 1.54) is 21.7 Å². The van der Waals surface area contributed by atoms with Crippen LogP contribution in [0.4, 0.5) is 13.2 Å². The number of aromatic amines is 2. The lowest BCUT2D eigenvalue weighted by Gasteiger charge is -2.29. The normalized spacial score (nSPS) is 14.8. The van der Waals surface area contributed by atoms with Crippen LogP contribution in [-0.2, 0) is 58.9 Å². The van der Waals surface area contributed by atoms with Crippen LogP contribution in [0.15, 0.2) is 89.7 Å². The summed E-state index contributed by atoms with van der Waals surface area (Å²) in [5.41, 5.74) is 3.20. The summed E-state index contributed by atoms with van der Waals surface area (Å²) in [5, 5.41) is 8.55. The molecule has 1 unspecified atom stereocenters. The molecule has 4 aromatic carbocycles. The molecule has 4 heterocycles. The van der Waals surface area contributed by atoms with Gasteiger partial charge in [0.15, 0.2) is 0 Å². The van der Waals surface area contributed by atoms with Crippen LogP contribution in [0.3, 0.4) is 0 Å². The standard InChI is InChI=1S/C50H51ClF3N7O11/c51-34-11-15-39-40(28-34)57-49(56-39)61-48(66)37(45(59-61)32-7-9-33(10-8-32)50(52,53)54)14-6-31-4-12-35(13-5-31)71-26-24-69-23-22-68-21-20-67-19-18-55-44(63)30-70-25-27-72-42-3-1-2-36-38(42)29-60(47(36)65)41-16-17-43(62)58-46(41)64/h1-5,7-13,15,28,41,59H,6,14,16-27,29-30H2,(H,55,63)(H,56,57)(H,58,62,64). The SMILES string of the molecule is O=C(COCCOc1cccc2c1CN(C1CCC(=O)NC1=O)C2=O)NCCOCCOCCOCCOc1ccc(CCc2c(-c3ccc(C(F)(F)F)cc3)[nH]n(-c3nc4ccc(Cl)cc4[nH]3)c2=O)cc1. The molecule has 0 aliphatic carbocycles. The fourth-order valence-corrected chi connectivity index (χ4v) is 8.33. The molecule has 2 aromatic heterocycles. The highest BCUT2D eigenvalue weighted by Gasteiger charge is 2.40. The molecule has 4 N–H and O–H groups in total. The summed E-state index contributed by atoms with van der Waals surface area (Å²) in [6, 6.07) is 21.5. The van der Waals surface area contributed by atoms with Crippen molar-refractivity contribution in [3.05, 3.63) is 128 Å². The summed E-state index contributed by atoms with van der Waals surface area (Å²) < 4.78 is 75.0. The van der Waals surface area contributed by atoms with Crippen molar-refractivity contribution in [2.75, 3.05) is 72.6 Å². The first-order valence-electron chi connectivity index (χ1n) is 23.2. The molecule has 4 amide bonds. The third-order valence-corrected chi connectivity index (χ3v) is 12.0. The lowest BCUT2D eigenvalue weighted by molar-refractivity contribution is -0.138. The largest absolute Gasteiger partial charge is 0.491 e. The van der Waals surface area contributed by atoms with Crippen LogP contribution in [-0.4, -0.2) is 127 Å². The van der Waals surface area contributed by atoms with Crippen LogP contribution in [0, 0.1) is 0 Å².